The van der Waals surface area contributed by atoms with E-state index in [1.807, 2.05) is 18.2 Å². The molecule has 2 aromatic rings. The first-order valence-corrected chi connectivity index (χ1v) is 7.95. The minimum Gasteiger partial charge on any atom is -0.481 e. The Morgan fingerprint density at radius 1 is 1.33 bits per heavy atom. The molecular formula is C17H20ClN3O3. The van der Waals surface area contributed by atoms with Crippen molar-refractivity contribution >= 4 is 23.5 Å². The Bertz CT molecular complexity index is 740. The maximum absolute atomic E-state index is 12.3. The van der Waals surface area contributed by atoms with E-state index in [0.717, 1.165) is 5.56 Å². The van der Waals surface area contributed by atoms with Gasteiger partial charge in [-0.05, 0) is 31.9 Å². The number of amides is 1. The van der Waals surface area contributed by atoms with E-state index in [1.165, 1.54) is 6.20 Å². The summed E-state index contributed by atoms with van der Waals surface area (Å²) in [5.74, 6) is -1.17. The maximum Gasteiger partial charge on any atom is 0.303 e. The number of carboxylic acid groups (broad SMARTS) is 1. The highest BCUT2D eigenvalue weighted by molar-refractivity contribution is 6.31. The zero-order valence-electron chi connectivity index (χ0n) is 13.6. The van der Waals surface area contributed by atoms with Gasteiger partial charge in [0, 0.05) is 23.2 Å². The zero-order chi connectivity index (χ0) is 17.7. The van der Waals surface area contributed by atoms with Crippen LogP contribution in [-0.2, 0) is 11.3 Å². The number of halogens is 1. The number of hydrogen-bond donors (Lipinski definition) is 2. The van der Waals surface area contributed by atoms with Gasteiger partial charge in [0.25, 0.3) is 5.91 Å². The molecule has 2 N–H and O–H groups in total. The molecule has 0 bridgehead atoms. The third-order valence-corrected chi connectivity index (χ3v) is 3.97. The van der Waals surface area contributed by atoms with Crippen LogP contribution < -0.4 is 5.32 Å². The molecule has 0 fully saturated rings. The molecule has 2 rings (SSSR count). The summed E-state index contributed by atoms with van der Waals surface area (Å²) in [4.78, 5) is 23.0. The van der Waals surface area contributed by atoms with Crippen molar-refractivity contribution in [3.63, 3.8) is 0 Å². The molecule has 6 nitrogen and oxygen atoms in total. The van der Waals surface area contributed by atoms with Crippen LogP contribution in [0.15, 0.2) is 36.7 Å². The zero-order valence-corrected chi connectivity index (χ0v) is 14.4. The summed E-state index contributed by atoms with van der Waals surface area (Å²) < 4.78 is 1.64. The number of nitrogens with one attached hydrogen (secondary N) is 1. The fourth-order valence-electron chi connectivity index (χ4n) is 2.23. The Balaban J connectivity index is 2.00. The molecule has 0 saturated carbocycles. The molecule has 1 aromatic heterocycles. The van der Waals surface area contributed by atoms with Crippen molar-refractivity contribution in [2.45, 2.75) is 38.8 Å². The van der Waals surface area contributed by atoms with Gasteiger partial charge in [0.15, 0.2) is 0 Å². The molecule has 0 atom stereocenters. The van der Waals surface area contributed by atoms with E-state index >= 15 is 0 Å². The summed E-state index contributed by atoms with van der Waals surface area (Å²) in [5, 5.41) is 16.4. The van der Waals surface area contributed by atoms with Crippen LogP contribution in [0.1, 0.15) is 42.6 Å². The number of aromatic nitrogens is 2. The second-order valence-corrected chi connectivity index (χ2v) is 6.66. The number of nitrogens with zero attached hydrogens (tertiary/aromatic N) is 2. The van der Waals surface area contributed by atoms with Gasteiger partial charge in [-0.2, -0.15) is 5.10 Å². The molecule has 24 heavy (non-hydrogen) atoms. The van der Waals surface area contributed by atoms with Crippen molar-refractivity contribution in [1.82, 2.24) is 15.1 Å². The first kappa shape index (κ1) is 18.0. The van der Waals surface area contributed by atoms with E-state index in [1.54, 1.807) is 30.8 Å². The number of carbonyl (C=O) groups excluding carboxylic acids is 1. The lowest BCUT2D eigenvalue weighted by atomic mass is 9.98. The lowest BCUT2D eigenvalue weighted by molar-refractivity contribution is -0.137. The minimum absolute atomic E-state index is 0.000944. The quantitative estimate of drug-likeness (QED) is 0.804. The van der Waals surface area contributed by atoms with Gasteiger partial charge in [-0.15, -0.1) is 0 Å². The van der Waals surface area contributed by atoms with Crippen molar-refractivity contribution in [3.05, 3.63) is 52.8 Å². The number of aliphatic carboxylic acids is 1. The van der Waals surface area contributed by atoms with E-state index in [2.05, 4.69) is 10.4 Å². The Hall–Kier alpha value is -2.34. The van der Waals surface area contributed by atoms with Crippen LogP contribution in [0.2, 0.25) is 5.02 Å². The van der Waals surface area contributed by atoms with Crippen LogP contribution in [-0.4, -0.2) is 32.3 Å². The first-order valence-electron chi connectivity index (χ1n) is 7.57. The van der Waals surface area contributed by atoms with Gasteiger partial charge in [-0.1, -0.05) is 29.8 Å². The van der Waals surface area contributed by atoms with Crippen molar-refractivity contribution in [2.24, 2.45) is 0 Å². The van der Waals surface area contributed by atoms with Crippen molar-refractivity contribution < 1.29 is 14.7 Å². The lowest BCUT2D eigenvalue weighted by Crippen LogP contribution is -2.43. The Morgan fingerprint density at radius 2 is 2.04 bits per heavy atom. The van der Waals surface area contributed by atoms with Crippen LogP contribution in [0.3, 0.4) is 0 Å². The van der Waals surface area contributed by atoms with E-state index in [4.69, 9.17) is 16.7 Å². The van der Waals surface area contributed by atoms with E-state index < -0.39 is 11.5 Å². The third-order valence-electron chi connectivity index (χ3n) is 3.60. The predicted octanol–water partition coefficient (Wildman–Crippen LogP) is 2.96. The fraction of sp³-hybridized carbons (Fsp3) is 0.353. The molecule has 0 aliphatic carbocycles. The normalized spacial score (nSPS) is 11.3. The molecule has 0 radical (unpaired) electrons. The molecule has 1 aromatic carbocycles. The third kappa shape index (κ3) is 5.09. The van der Waals surface area contributed by atoms with Gasteiger partial charge in [0.05, 0.1) is 18.3 Å². The van der Waals surface area contributed by atoms with Gasteiger partial charge in [0.2, 0.25) is 0 Å². The molecule has 0 aliphatic heterocycles. The molecule has 7 heteroatoms. The summed E-state index contributed by atoms with van der Waals surface area (Å²) in [5.41, 5.74) is 0.724. The SMILES string of the molecule is CC(C)(CCC(=O)O)NC(=O)c1cnn(Cc2ccccc2Cl)c1. The summed E-state index contributed by atoms with van der Waals surface area (Å²) in [7, 11) is 0. The summed E-state index contributed by atoms with van der Waals surface area (Å²) in [6.45, 7) is 4.05. The molecule has 0 spiro atoms. The van der Waals surface area contributed by atoms with Crippen molar-refractivity contribution in [3.8, 4) is 0 Å². The Morgan fingerprint density at radius 3 is 2.71 bits per heavy atom. The summed E-state index contributed by atoms with van der Waals surface area (Å²) in [6.07, 6.45) is 3.48. The molecule has 1 amide bonds. The van der Waals surface area contributed by atoms with Crippen LogP contribution in [0.5, 0.6) is 0 Å². The fourth-order valence-corrected chi connectivity index (χ4v) is 2.43. The number of benzene rings is 1. The number of carbonyl (C=O) groups is 2. The number of hydrogen-bond acceptors (Lipinski definition) is 3. The molecule has 1 heterocycles. The molecule has 0 saturated heterocycles. The maximum atomic E-state index is 12.3. The van der Waals surface area contributed by atoms with Crippen LogP contribution in [0.25, 0.3) is 0 Å². The van der Waals surface area contributed by atoms with Crippen LogP contribution >= 0.6 is 11.6 Å². The standard InChI is InChI=1S/C17H20ClN3O3/c1-17(2,8-7-15(22)23)20-16(24)13-9-19-21(11-13)10-12-5-3-4-6-14(12)18/h3-6,9,11H,7-8,10H2,1-2H3,(H,20,24)(H,22,23). The molecule has 0 aliphatic rings. The van der Waals surface area contributed by atoms with E-state index in [0.29, 0.717) is 23.6 Å². The van der Waals surface area contributed by atoms with Crippen LogP contribution in [0, 0.1) is 0 Å². The van der Waals surface area contributed by atoms with Gasteiger partial charge < -0.3 is 10.4 Å². The number of rotatable bonds is 7. The highest BCUT2D eigenvalue weighted by Gasteiger charge is 2.23. The second kappa shape index (κ2) is 7.49. The van der Waals surface area contributed by atoms with Crippen LogP contribution in [0.4, 0.5) is 0 Å². The number of carboxylic acids is 1. The van der Waals surface area contributed by atoms with Crippen molar-refractivity contribution in [1.29, 1.82) is 0 Å². The van der Waals surface area contributed by atoms with Crippen molar-refractivity contribution in [2.75, 3.05) is 0 Å². The Kier molecular flexibility index (Phi) is 5.62. The average Bonchev–Trinajstić information content (AvgIpc) is 2.96. The summed E-state index contributed by atoms with van der Waals surface area (Å²) >= 11 is 6.12. The second-order valence-electron chi connectivity index (χ2n) is 6.25. The lowest BCUT2D eigenvalue weighted by Gasteiger charge is -2.25. The van der Waals surface area contributed by atoms with E-state index in [-0.39, 0.29) is 12.3 Å². The van der Waals surface area contributed by atoms with Gasteiger partial charge in [-0.25, -0.2) is 0 Å². The minimum atomic E-state index is -0.884. The highest BCUT2D eigenvalue weighted by Crippen LogP contribution is 2.16. The Labute approximate surface area is 145 Å². The van der Waals surface area contributed by atoms with E-state index in [9.17, 15) is 9.59 Å². The van der Waals surface area contributed by atoms with Gasteiger partial charge >= 0.3 is 5.97 Å². The molecular weight excluding hydrogens is 330 g/mol. The topological polar surface area (TPSA) is 84.2 Å². The smallest absolute Gasteiger partial charge is 0.303 e. The molecule has 0 unspecified atom stereocenters. The largest absolute Gasteiger partial charge is 0.481 e. The first-order chi connectivity index (χ1) is 11.3. The summed E-state index contributed by atoms with van der Waals surface area (Å²) in [6, 6.07) is 7.45. The van der Waals surface area contributed by atoms with Gasteiger partial charge in [0.1, 0.15) is 0 Å². The average molecular weight is 350 g/mol. The predicted molar refractivity (Wildman–Crippen MR) is 91.2 cm³/mol. The monoisotopic (exact) mass is 349 g/mol. The van der Waals surface area contributed by atoms with Gasteiger partial charge in [-0.3, -0.25) is 14.3 Å². The highest BCUT2D eigenvalue weighted by atomic mass is 35.5. The molecule has 128 valence electrons.